The molecule has 0 N–H and O–H groups in total. The number of carbonyl (C=O) groups excluding carboxylic acids is 1. The molecule has 24 heavy (non-hydrogen) atoms. The molecule has 3 rings (SSSR count). The number of pyridine rings is 1. The number of aromatic nitrogens is 1. The number of carbonyl (C=O) groups is 1. The van der Waals surface area contributed by atoms with E-state index in [1.165, 1.54) is 24.3 Å². The summed E-state index contributed by atoms with van der Waals surface area (Å²) < 4.78 is 14.7. The Bertz CT molecular complexity index is 863. The zero-order chi connectivity index (χ0) is 16.8. The van der Waals surface area contributed by atoms with E-state index in [2.05, 4.69) is 4.99 Å². The lowest BCUT2D eigenvalue weighted by Crippen LogP contribution is -2.12. The molecular weight excluding hydrogens is 303 g/mol. The maximum absolute atomic E-state index is 12.9. The summed E-state index contributed by atoms with van der Waals surface area (Å²) in [6.45, 7) is 0.837. The summed E-state index contributed by atoms with van der Waals surface area (Å²) in [5.41, 5.74) is 1.66. The first-order valence-electron chi connectivity index (χ1n) is 7.70. The minimum Gasteiger partial charge on any atom is -0.346 e. The normalized spacial score (nSPS) is 10.4. The Morgan fingerprint density at radius 1 is 0.917 bits per heavy atom. The molecule has 0 fully saturated rings. The van der Waals surface area contributed by atoms with Gasteiger partial charge in [0.1, 0.15) is 5.82 Å². The van der Waals surface area contributed by atoms with Crippen molar-refractivity contribution in [3.63, 3.8) is 0 Å². The Kier molecular flexibility index (Phi) is 4.96. The van der Waals surface area contributed by atoms with Crippen LogP contribution in [0.4, 0.5) is 4.39 Å². The Labute approximate surface area is 139 Å². The predicted molar refractivity (Wildman–Crippen MR) is 90.9 cm³/mol. The molecule has 3 nitrogen and oxygen atoms in total. The minimum absolute atomic E-state index is 0.0611. The zero-order valence-electron chi connectivity index (χ0n) is 13.1. The second-order valence-corrected chi connectivity index (χ2v) is 5.46. The van der Waals surface area contributed by atoms with Gasteiger partial charge in [-0.25, -0.2) is 4.39 Å². The SMILES string of the molecule is O=C(Cn1ccc(=NCc2ccccc2)cc1)c1ccc(F)cc1. The highest BCUT2D eigenvalue weighted by Gasteiger charge is 2.05. The molecule has 0 atom stereocenters. The van der Waals surface area contributed by atoms with Gasteiger partial charge in [0.25, 0.3) is 0 Å². The van der Waals surface area contributed by atoms with E-state index in [-0.39, 0.29) is 18.1 Å². The first-order chi connectivity index (χ1) is 11.7. The Hall–Kier alpha value is -3.01. The van der Waals surface area contributed by atoms with Gasteiger partial charge in [-0.1, -0.05) is 30.3 Å². The maximum atomic E-state index is 12.9. The lowest BCUT2D eigenvalue weighted by molar-refractivity contribution is 0.0972. The second kappa shape index (κ2) is 7.51. The molecular formula is C20H17FN2O. The summed E-state index contributed by atoms with van der Waals surface area (Å²) in [6, 6.07) is 19.4. The van der Waals surface area contributed by atoms with E-state index in [0.29, 0.717) is 12.1 Å². The van der Waals surface area contributed by atoms with E-state index in [1.807, 2.05) is 54.9 Å². The number of nitrogens with zero attached hydrogens (tertiary/aromatic N) is 2. The number of hydrogen-bond donors (Lipinski definition) is 0. The lowest BCUT2D eigenvalue weighted by Gasteiger charge is -2.05. The zero-order valence-corrected chi connectivity index (χ0v) is 13.1. The van der Waals surface area contributed by atoms with Crippen LogP contribution in [-0.2, 0) is 13.1 Å². The molecule has 0 aliphatic heterocycles. The average molecular weight is 320 g/mol. The van der Waals surface area contributed by atoms with Gasteiger partial charge in [0.2, 0.25) is 0 Å². The maximum Gasteiger partial charge on any atom is 0.182 e. The van der Waals surface area contributed by atoms with Crippen molar-refractivity contribution in [2.45, 2.75) is 13.1 Å². The quantitative estimate of drug-likeness (QED) is 0.661. The van der Waals surface area contributed by atoms with E-state index < -0.39 is 0 Å². The molecule has 0 amide bonds. The smallest absolute Gasteiger partial charge is 0.182 e. The van der Waals surface area contributed by atoms with E-state index in [0.717, 1.165) is 10.9 Å². The minimum atomic E-state index is -0.344. The van der Waals surface area contributed by atoms with Crippen molar-refractivity contribution in [1.82, 2.24) is 4.57 Å². The number of ketones is 1. The van der Waals surface area contributed by atoms with Gasteiger partial charge in [-0.2, -0.15) is 0 Å². The third-order valence-corrected chi connectivity index (χ3v) is 3.65. The monoisotopic (exact) mass is 320 g/mol. The van der Waals surface area contributed by atoms with Gasteiger partial charge in [-0.05, 0) is 42.0 Å². The highest BCUT2D eigenvalue weighted by molar-refractivity contribution is 5.95. The molecule has 0 radical (unpaired) electrons. The van der Waals surface area contributed by atoms with Crippen molar-refractivity contribution < 1.29 is 9.18 Å². The van der Waals surface area contributed by atoms with Crippen LogP contribution >= 0.6 is 0 Å². The first-order valence-corrected chi connectivity index (χ1v) is 7.70. The van der Waals surface area contributed by atoms with Crippen molar-refractivity contribution in [3.8, 4) is 0 Å². The Morgan fingerprint density at radius 3 is 2.25 bits per heavy atom. The van der Waals surface area contributed by atoms with Crippen molar-refractivity contribution in [1.29, 1.82) is 0 Å². The highest BCUT2D eigenvalue weighted by atomic mass is 19.1. The number of hydrogen-bond acceptors (Lipinski definition) is 2. The van der Waals surface area contributed by atoms with Crippen molar-refractivity contribution in [2.75, 3.05) is 0 Å². The third-order valence-electron chi connectivity index (χ3n) is 3.65. The van der Waals surface area contributed by atoms with E-state index in [4.69, 9.17) is 0 Å². The average Bonchev–Trinajstić information content (AvgIpc) is 2.62. The van der Waals surface area contributed by atoms with Gasteiger partial charge < -0.3 is 4.57 Å². The van der Waals surface area contributed by atoms with Gasteiger partial charge in [0, 0.05) is 18.0 Å². The predicted octanol–water partition coefficient (Wildman–Crippen LogP) is 3.61. The molecule has 0 spiro atoms. The second-order valence-electron chi connectivity index (χ2n) is 5.46. The van der Waals surface area contributed by atoms with Crippen LogP contribution < -0.4 is 5.36 Å². The van der Waals surface area contributed by atoms with E-state index in [1.54, 1.807) is 4.57 Å². The van der Waals surface area contributed by atoms with Gasteiger partial charge in [0.05, 0.1) is 18.4 Å². The third kappa shape index (κ3) is 4.26. The lowest BCUT2D eigenvalue weighted by atomic mass is 10.1. The van der Waals surface area contributed by atoms with Crippen LogP contribution in [-0.4, -0.2) is 10.4 Å². The topological polar surface area (TPSA) is 34.4 Å². The Balaban J connectivity index is 1.66. The van der Waals surface area contributed by atoms with Gasteiger partial charge in [-0.15, -0.1) is 0 Å². The van der Waals surface area contributed by atoms with Gasteiger partial charge in [-0.3, -0.25) is 9.79 Å². The van der Waals surface area contributed by atoms with Crippen molar-refractivity contribution in [2.24, 2.45) is 4.99 Å². The fourth-order valence-corrected chi connectivity index (χ4v) is 2.32. The van der Waals surface area contributed by atoms with Gasteiger partial charge >= 0.3 is 0 Å². The summed E-state index contributed by atoms with van der Waals surface area (Å²) in [5, 5.41) is 0.865. The molecule has 2 aromatic carbocycles. The largest absolute Gasteiger partial charge is 0.346 e. The highest BCUT2D eigenvalue weighted by Crippen LogP contribution is 2.05. The van der Waals surface area contributed by atoms with Crippen LogP contribution in [0.2, 0.25) is 0 Å². The fraction of sp³-hybridized carbons (Fsp3) is 0.100. The molecule has 0 bridgehead atoms. The van der Waals surface area contributed by atoms with Gasteiger partial charge in [0.15, 0.2) is 5.78 Å². The fourth-order valence-electron chi connectivity index (χ4n) is 2.32. The first kappa shape index (κ1) is 15.9. The van der Waals surface area contributed by atoms with E-state index in [9.17, 15) is 9.18 Å². The molecule has 120 valence electrons. The molecule has 1 heterocycles. The Morgan fingerprint density at radius 2 is 1.58 bits per heavy atom. The van der Waals surface area contributed by atoms with E-state index >= 15 is 0 Å². The molecule has 3 aromatic rings. The summed E-state index contributed by atoms with van der Waals surface area (Å²) in [6.07, 6.45) is 3.65. The molecule has 0 aliphatic rings. The number of Topliss-reactive ketones (excluding diaryl/α,β-unsaturated/α-hetero) is 1. The summed E-state index contributed by atoms with van der Waals surface area (Å²) in [7, 11) is 0. The molecule has 0 saturated carbocycles. The number of halogens is 1. The van der Waals surface area contributed by atoms with Crippen LogP contribution in [0, 0.1) is 5.82 Å². The summed E-state index contributed by atoms with van der Waals surface area (Å²) >= 11 is 0. The molecule has 0 aliphatic carbocycles. The van der Waals surface area contributed by atoms with Crippen LogP contribution in [0.15, 0.2) is 84.1 Å². The van der Waals surface area contributed by atoms with Crippen LogP contribution in [0.25, 0.3) is 0 Å². The molecule has 4 heteroatoms. The molecule has 1 aromatic heterocycles. The standard InChI is InChI=1S/C20H17FN2O/c21-18-8-6-17(7-9-18)20(24)15-23-12-10-19(11-13-23)22-14-16-4-2-1-3-5-16/h1-13H,14-15H2. The van der Waals surface area contributed by atoms with Crippen LogP contribution in [0.3, 0.4) is 0 Å². The molecule has 0 saturated heterocycles. The van der Waals surface area contributed by atoms with Crippen molar-refractivity contribution in [3.05, 3.63) is 101 Å². The number of rotatable bonds is 5. The summed E-state index contributed by atoms with van der Waals surface area (Å²) in [4.78, 5) is 16.7. The van der Waals surface area contributed by atoms with Crippen LogP contribution in [0.1, 0.15) is 15.9 Å². The van der Waals surface area contributed by atoms with Crippen molar-refractivity contribution >= 4 is 5.78 Å². The summed E-state index contributed by atoms with van der Waals surface area (Å²) in [5.74, 6) is -0.405. The number of benzene rings is 2. The van der Waals surface area contributed by atoms with Crippen LogP contribution in [0.5, 0.6) is 0 Å². The molecule has 0 unspecified atom stereocenters.